The molecule has 0 radical (unpaired) electrons. The Morgan fingerprint density at radius 2 is 1.59 bits per heavy atom. The molecule has 0 amide bonds. The number of benzene rings is 2. The fourth-order valence-corrected chi connectivity index (χ4v) is 5.70. The van der Waals surface area contributed by atoms with Crippen molar-refractivity contribution in [3.8, 4) is 5.75 Å². The molecule has 0 aliphatic heterocycles. The lowest BCUT2D eigenvalue weighted by Gasteiger charge is -2.18. The molecule has 0 unspecified atom stereocenters. The number of nitrogens with one attached hydrogen (secondary N) is 1. The van der Waals surface area contributed by atoms with Crippen molar-refractivity contribution in [2.75, 3.05) is 24.9 Å². The van der Waals surface area contributed by atoms with Gasteiger partial charge in [-0.05, 0) is 42.5 Å². The topological polar surface area (TPSA) is 92.8 Å². The first kappa shape index (κ1) is 21.7. The molecule has 0 aliphatic carbocycles. The standard InChI is InChI=1S/C17H21BrN2O5S2/c1-4-20(5-2)27(23,24)15-9-7-14(8-10-15)19-26(21,22)17-12-13(18)6-11-16(17)25-3/h6-12,19H,4-5H2,1-3H3. The highest BCUT2D eigenvalue weighted by atomic mass is 79.9. The van der Waals surface area contributed by atoms with E-state index in [9.17, 15) is 16.8 Å². The van der Waals surface area contributed by atoms with E-state index in [1.807, 2.05) is 0 Å². The van der Waals surface area contributed by atoms with Gasteiger partial charge in [0.25, 0.3) is 10.0 Å². The maximum absolute atomic E-state index is 12.7. The molecule has 0 fully saturated rings. The third-order valence-corrected chi connectivity index (χ3v) is 7.82. The van der Waals surface area contributed by atoms with Gasteiger partial charge in [-0.25, -0.2) is 16.8 Å². The molecule has 27 heavy (non-hydrogen) atoms. The van der Waals surface area contributed by atoms with Crippen LogP contribution in [-0.2, 0) is 20.0 Å². The molecule has 0 saturated carbocycles. The summed E-state index contributed by atoms with van der Waals surface area (Å²) in [6.45, 7) is 4.23. The molecule has 0 bridgehead atoms. The van der Waals surface area contributed by atoms with Crippen molar-refractivity contribution in [2.24, 2.45) is 0 Å². The second-order valence-electron chi connectivity index (χ2n) is 5.51. The zero-order chi connectivity index (χ0) is 20.2. The van der Waals surface area contributed by atoms with E-state index >= 15 is 0 Å². The number of halogens is 1. The molecular weight excluding hydrogens is 456 g/mol. The summed E-state index contributed by atoms with van der Waals surface area (Å²) in [6.07, 6.45) is 0. The van der Waals surface area contributed by atoms with Crippen LogP contribution in [0.3, 0.4) is 0 Å². The molecule has 0 saturated heterocycles. The number of hydrogen-bond acceptors (Lipinski definition) is 5. The lowest BCUT2D eigenvalue weighted by Crippen LogP contribution is -2.30. The van der Waals surface area contributed by atoms with E-state index in [1.165, 1.54) is 41.7 Å². The van der Waals surface area contributed by atoms with Crippen LogP contribution < -0.4 is 9.46 Å². The van der Waals surface area contributed by atoms with Gasteiger partial charge in [-0.3, -0.25) is 4.72 Å². The Bertz CT molecular complexity index is 1000. The monoisotopic (exact) mass is 476 g/mol. The Hall–Kier alpha value is -1.62. The minimum Gasteiger partial charge on any atom is -0.495 e. The summed E-state index contributed by atoms with van der Waals surface area (Å²) in [4.78, 5) is 0.0772. The van der Waals surface area contributed by atoms with Crippen molar-refractivity contribution in [3.63, 3.8) is 0 Å². The SMILES string of the molecule is CCN(CC)S(=O)(=O)c1ccc(NS(=O)(=O)c2cc(Br)ccc2OC)cc1. The third kappa shape index (κ3) is 4.81. The van der Waals surface area contributed by atoms with Crippen LogP contribution in [-0.4, -0.2) is 41.3 Å². The van der Waals surface area contributed by atoms with Gasteiger partial charge in [-0.2, -0.15) is 4.31 Å². The molecule has 148 valence electrons. The molecule has 0 heterocycles. The number of ether oxygens (including phenoxy) is 1. The van der Waals surface area contributed by atoms with Gasteiger partial charge in [0.2, 0.25) is 10.0 Å². The zero-order valence-corrected chi connectivity index (χ0v) is 18.4. The lowest BCUT2D eigenvalue weighted by atomic mass is 10.3. The Labute approximate surface area is 168 Å². The predicted molar refractivity (Wildman–Crippen MR) is 108 cm³/mol. The van der Waals surface area contributed by atoms with Crippen LogP contribution in [0, 0.1) is 0 Å². The van der Waals surface area contributed by atoms with Crippen LogP contribution >= 0.6 is 15.9 Å². The Morgan fingerprint density at radius 1 is 1.00 bits per heavy atom. The van der Waals surface area contributed by atoms with Crippen LogP contribution in [0.2, 0.25) is 0 Å². The molecule has 2 aromatic rings. The Kier molecular flexibility index (Phi) is 6.90. The quantitative estimate of drug-likeness (QED) is 0.630. The molecule has 10 heteroatoms. The van der Waals surface area contributed by atoms with Gasteiger partial charge in [0.15, 0.2) is 0 Å². The van der Waals surface area contributed by atoms with E-state index in [-0.39, 0.29) is 21.2 Å². The fraction of sp³-hybridized carbons (Fsp3) is 0.294. The summed E-state index contributed by atoms with van der Waals surface area (Å²) < 4.78 is 59.8. The van der Waals surface area contributed by atoms with Crippen molar-refractivity contribution in [2.45, 2.75) is 23.6 Å². The smallest absolute Gasteiger partial charge is 0.265 e. The van der Waals surface area contributed by atoms with Crippen LogP contribution in [0.25, 0.3) is 0 Å². The molecule has 0 aliphatic rings. The number of methoxy groups -OCH3 is 1. The van der Waals surface area contributed by atoms with Gasteiger partial charge in [0.05, 0.1) is 12.0 Å². The van der Waals surface area contributed by atoms with E-state index < -0.39 is 20.0 Å². The van der Waals surface area contributed by atoms with Crippen molar-refractivity contribution >= 4 is 41.7 Å². The lowest BCUT2D eigenvalue weighted by molar-refractivity contribution is 0.403. The van der Waals surface area contributed by atoms with Gasteiger partial charge in [-0.1, -0.05) is 29.8 Å². The van der Waals surface area contributed by atoms with E-state index in [0.717, 1.165) is 0 Å². The normalized spacial score (nSPS) is 12.2. The molecule has 2 rings (SSSR count). The first-order valence-electron chi connectivity index (χ1n) is 8.12. The van der Waals surface area contributed by atoms with Gasteiger partial charge >= 0.3 is 0 Å². The number of nitrogens with zero attached hydrogens (tertiary/aromatic N) is 1. The third-order valence-electron chi connectivity index (χ3n) is 3.86. The average Bonchev–Trinajstić information content (AvgIpc) is 2.62. The number of anilines is 1. The van der Waals surface area contributed by atoms with Crippen molar-refractivity contribution in [3.05, 3.63) is 46.9 Å². The van der Waals surface area contributed by atoms with Crippen molar-refractivity contribution in [1.82, 2.24) is 4.31 Å². The highest BCUT2D eigenvalue weighted by molar-refractivity contribution is 9.10. The molecular formula is C17H21BrN2O5S2. The van der Waals surface area contributed by atoms with Gasteiger partial charge in [-0.15, -0.1) is 0 Å². The van der Waals surface area contributed by atoms with Crippen LogP contribution in [0.15, 0.2) is 56.7 Å². The largest absolute Gasteiger partial charge is 0.495 e. The van der Waals surface area contributed by atoms with E-state index in [4.69, 9.17) is 4.74 Å². The van der Waals surface area contributed by atoms with E-state index in [2.05, 4.69) is 20.7 Å². The molecule has 0 aromatic heterocycles. The highest BCUT2D eigenvalue weighted by Crippen LogP contribution is 2.29. The minimum atomic E-state index is -3.92. The first-order valence-corrected chi connectivity index (χ1v) is 11.8. The number of hydrogen-bond donors (Lipinski definition) is 1. The summed E-state index contributed by atoms with van der Waals surface area (Å²) in [7, 11) is -6.13. The second-order valence-corrected chi connectivity index (χ2v) is 10.0. The molecule has 7 nitrogen and oxygen atoms in total. The van der Waals surface area contributed by atoms with E-state index in [1.54, 1.807) is 26.0 Å². The molecule has 2 aromatic carbocycles. The summed E-state index contributed by atoms with van der Waals surface area (Å²) in [6, 6.07) is 10.2. The van der Waals surface area contributed by atoms with Gasteiger partial charge in [0, 0.05) is 23.2 Å². The van der Waals surface area contributed by atoms with Crippen molar-refractivity contribution < 1.29 is 21.6 Å². The maximum Gasteiger partial charge on any atom is 0.265 e. The summed E-state index contributed by atoms with van der Waals surface area (Å²) in [5.74, 6) is 0.200. The van der Waals surface area contributed by atoms with Gasteiger partial charge in [0.1, 0.15) is 10.6 Å². The second kappa shape index (κ2) is 8.59. The molecule has 1 N–H and O–H groups in total. The average molecular weight is 477 g/mol. The first-order chi connectivity index (χ1) is 12.7. The molecule has 0 atom stereocenters. The molecule has 0 spiro atoms. The van der Waals surface area contributed by atoms with E-state index in [0.29, 0.717) is 17.6 Å². The van der Waals surface area contributed by atoms with Crippen LogP contribution in [0.4, 0.5) is 5.69 Å². The van der Waals surface area contributed by atoms with Gasteiger partial charge < -0.3 is 4.74 Å². The summed E-state index contributed by atoms with van der Waals surface area (Å²) in [5.41, 5.74) is 0.246. The number of sulfonamides is 2. The zero-order valence-electron chi connectivity index (χ0n) is 15.1. The van der Waals surface area contributed by atoms with Crippen LogP contribution in [0.5, 0.6) is 5.75 Å². The van der Waals surface area contributed by atoms with Crippen LogP contribution in [0.1, 0.15) is 13.8 Å². The summed E-state index contributed by atoms with van der Waals surface area (Å²) >= 11 is 3.24. The minimum absolute atomic E-state index is 0.0285. The predicted octanol–water partition coefficient (Wildman–Crippen LogP) is 3.29. The fourth-order valence-electron chi connectivity index (χ4n) is 2.48. The van der Waals surface area contributed by atoms with Crippen molar-refractivity contribution in [1.29, 1.82) is 0 Å². The Morgan fingerprint density at radius 3 is 2.11 bits per heavy atom. The summed E-state index contributed by atoms with van der Waals surface area (Å²) in [5, 5.41) is 0. The maximum atomic E-state index is 12.7. The Balaban J connectivity index is 2.33. The number of rotatable bonds is 8. The highest BCUT2D eigenvalue weighted by Gasteiger charge is 2.23.